The number of fused-ring (bicyclic) bond motifs is 1. The third-order valence-electron chi connectivity index (χ3n) is 7.61. The summed E-state index contributed by atoms with van der Waals surface area (Å²) in [6.45, 7) is 19.4. The van der Waals surface area contributed by atoms with Crippen molar-refractivity contribution < 1.29 is 4.74 Å². The third kappa shape index (κ3) is 5.20. The SMILES string of the molecule is C=C(C)/C=C(\C(C)=C/C)c1[nH]c2ccc(C3CCN(C4CCCOC4)CC3)cc2c1C(C)C. The number of ether oxygens (including phenoxy) is 1. The summed E-state index contributed by atoms with van der Waals surface area (Å²) in [5, 5.41) is 1.39. The van der Waals surface area contributed by atoms with Gasteiger partial charge in [0.15, 0.2) is 0 Å². The lowest BCUT2D eigenvalue weighted by atomic mass is 9.86. The van der Waals surface area contributed by atoms with Crippen molar-refractivity contribution in [3.8, 4) is 0 Å². The maximum atomic E-state index is 5.74. The van der Waals surface area contributed by atoms with Crippen molar-refractivity contribution in [3.05, 3.63) is 64.9 Å². The van der Waals surface area contributed by atoms with E-state index >= 15 is 0 Å². The van der Waals surface area contributed by atoms with Gasteiger partial charge in [-0.3, -0.25) is 4.90 Å². The van der Waals surface area contributed by atoms with Crippen molar-refractivity contribution in [2.45, 2.75) is 78.2 Å². The van der Waals surface area contributed by atoms with E-state index in [-0.39, 0.29) is 0 Å². The maximum absolute atomic E-state index is 5.74. The zero-order valence-corrected chi connectivity index (χ0v) is 21.3. The van der Waals surface area contributed by atoms with Crippen molar-refractivity contribution in [2.24, 2.45) is 0 Å². The van der Waals surface area contributed by atoms with Gasteiger partial charge in [-0.1, -0.05) is 44.2 Å². The lowest BCUT2D eigenvalue weighted by molar-refractivity contribution is 0.00886. The van der Waals surface area contributed by atoms with E-state index in [4.69, 9.17) is 4.74 Å². The molecule has 2 aliphatic rings. The first kappa shape index (κ1) is 24.0. The van der Waals surface area contributed by atoms with E-state index in [1.165, 1.54) is 77.6 Å². The number of likely N-dealkylation sites (tertiary alicyclic amines) is 1. The average molecular weight is 447 g/mol. The monoisotopic (exact) mass is 446 g/mol. The molecule has 0 amide bonds. The normalized spacial score (nSPS) is 21.8. The molecule has 1 aromatic heterocycles. The zero-order valence-electron chi connectivity index (χ0n) is 21.3. The molecular weight excluding hydrogens is 404 g/mol. The fourth-order valence-corrected chi connectivity index (χ4v) is 5.69. The standard InChI is InChI=1S/C30H42N2O/c1-7-22(6)26(17-20(2)3)30-29(21(4)5)27-18-24(10-11-28(27)31-30)23-12-14-32(15-13-23)25-9-8-16-33-19-25/h7,10-11,17-18,21,23,25,31H,2,8-9,12-16,19H2,1,3-6H3/b22-7-,26-17+. The topological polar surface area (TPSA) is 28.3 Å². The molecule has 4 rings (SSSR count). The van der Waals surface area contributed by atoms with Crippen LogP contribution < -0.4 is 0 Å². The molecule has 0 spiro atoms. The largest absolute Gasteiger partial charge is 0.380 e. The number of rotatable bonds is 6. The average Bonchev–Trinajstić information content (AvgIpc) is 3.21. The molecule has 2 aromatic rings. The summed E-state index contributed by atoms with van der Waals surface area (Å²) in [4.78, 5) is 6.45. The minimum Gasteiger partial charge on any atom is -0.380 e. The molecule has 2 saturated heterocycles. The molecular formula is C30H42N2O. The molecule has 178 valence electrons. The number of aromatic amines is 1. The van der Waals surface area contributed by atoms with E-state index in [2.05, 4.69) is 81.4 Å². The van der Waals surface area contributed by atoms with Gasteiger partial charge in [0, 0.05) is 29.1 Å². The van der Waals surface area contributed by atoms with E-state index in [0.29, 0.717) is 17.9 Å². The van der Waals surface area contributed by atoms with E-state index < -0.39 is 0 Å². The number of nitrogens with one attached hydrogen (secondary N) is 1. The highest BCUT2D eigenvalue weighted by atomic mass is 16.5. The summed E-state index contributed by atoms with van der Waals surface area (Å²) in [5.41, 5.74) is 9.05. The second-order valence-corrected chi connectivity index (χ2v) is 10.4. The Labute approximate surface area is 200 Å². The molecule has 1 N–H and O–H groups in total. The molecule has 0 radical (unpaired) electrons. The van der Waals surface area contributed by atoms with Crippen LogP contribution in [0.4, 0.5) is 0 Å². The number of piperidine rings is 1. The van der Waals surface area contributed by atoms with Gasteiger partial charge in [-0.2, -0.15) is 0 Å². The third-order valence-corrected chi connectivity index (χ3v) is 7.61. The Morgan fingerprint density at radius 1 is 1.18 bits per heavy atom. The van der Waals surface area contributed by atoms with E-state index in [1.807, 2.05) is 0 Å². The number of nitrogens with zero attached hydrogens (tertiary/aromatic N) is 1. The Hall–Kier alpha value is -2.10. The Morgan fingerprint density at radius 2 is 1.94 bits per heavy atom. The van der Waals surface area contributed by atoms with Crippen molar-refractivity contribution in [1.29, 1.82) is 0 Å². The van der Waals surface area contributed by atoms with Crippen LogP contribution in [0.5, 0.6) is 0 Å². The summed E-state index contributed by atoms with van der Waals surface area (Å²) in [6, 6.07) is 7.79. The zero-order chi connectivity index (χ0) is 23.5. The molecule has 33 heavy (non-hydrogen) atoms. The molecule has 1 unspecified atom stereocenters. The van der Waals surface area contributed by atoms with Gasteiger partial charge in [0.05, 0.1) is 12.3 Å². The summed E-state index contributed by atoms with van der Waals surface area (Å²) in [7, 11) is 0. The molecule has 1 atom stereocenters. The number of allylic oxidation sites excluding steroid dienone is 5. The molecule has 3 nitrogen and oxygen atoms in total. The van der Waals surface area contributed by atoms with Crippen molar-refractivity contribution in [3.63, 3.8) is 0 Å². The molecule has 2 fully saturated rings. The molecule has 0 aliphatic carbocycles. The lowest BCUT2D eigenvalue weighted by Gasteiger charge is -2.39. The number of H-pyrrole nitrogens is 1. The van der Waals surface area contributed by atoms with Gasteiger partial charge in [-0.05, 0) is 100 Å². The van der Waals surface area contributed by atoms with Crippen molar-refractivity contribution in [1.82, 2.24) is 9.88 Å². The molecule has 3 heterocycles. The van der Waals surface area contributed by atoms with E-state index in [9.17, 15) is 0 Å². The first-order valence-corrected chi connectivity index (χ1v) is 12.9. The summed E-state index contributed by atoms with van der Waals surface area (Å²) < 4.78 is 5.74. The predicted molar refractivity (Wildman–Crippen MR) is 142 cm³/mol. The fraction of sp³-hybridized carbons (Fsp3) is 0.533. The highest BCUT2D eigenvalue weighted by molar-refractivity contribution is 5.93. The van der Waals surface area contributed by atoms with E-state index in [1.54, 1.807) is 0 Å². The Balaban J connectivity index is 1.64. The molecule has 1 aromatic carbocycles. The highest BCUT2D eigenvalue weighted by Gasteiger charge is 2.28. The van der Waals surface area contributed by atoms with Gasteiger partial charge < -0.3 is 9.72 Å². The number of benzene rings is 1. The quantitative estimate of drug-likeness (QED) is 0.463. The van der Waals surface area contributed by atoms with Crippen LogP contribution in [0.2, 0.25) is 0 Å². The first-order valence-electron chi connectivity index (χ1n) is 12.9. The Morgan fingerprint density at radius 3 is 2.55 bits per heavy atom. The number of hydrogen-bond acceptors (Lipinski definition) is 2. The van der Waals surface area contributed by atoms with Gasteiger partial charge >= 0.3 is 0 Å². The van der Waals surface area contributed by atoms with Gasteiger partial charge in [-0.25, -0.2) is 0 Å². The molecule has 2 aliphatic heterocycles. The Kier molecular flexibility index (Phi) is 7.61. The van der Waals surface area contributed by atoms with Crippen LogP contribution in [-0.2, 0) is 4.74 Å². The number of aromatic nitrogens is 1. The summed E-state index contributed by atoms with van der Waals surface area (Å²) in [5.74, 6) is 1.09. The first-order chi connectivity index (χ1) is 15.9. The van der Waals surface area contributed by atoms with Crippen LogP contribution in [0.1, 0.15) is 89.0 Å². The second-order valence-electron chi connectivity index (χ2n) is 10.4. The molecule has 3 heteroatoms. The van der Waals surface area contributed by atoms with Gasteiger partial charge in [0.2, 0.25) is 0 Å². The minimum atomic E-state index is 0.440. The van der Waals surface area contributed by atoms with Gasteiger partial charge in [0.25, 0.3) is 0 Å². The number of hydrogen-bond donors (Lipinski definition) is 1. The van der Waals surface area contributed by atoms with Gasteiger partial charge in [0.1, 0.15) is 0 Å². The summed E-state index contributed by atoms with van der Waals surface area (Å²) >= 11 is 0. The summed E-state index contributed by atoms with van der Waals surface area (Å²) in [6.07, 6.45) is 9.41. The lowest BCUT2D eigenvalue weighted by Crippen LogP contribution is -2.45. The maximum Gasteiger partial charge on any atom is 0.0621 e. The second kappa shape index (κ2) is 10.4. The molecule has 0 saturated carbocycles. The van der Waals surface area contributed by atoms with Crippen LogP contribution in [0.25, 0.3) is 16.5 Å². The van der Waals surface area contributed by atoms with Gasteiger partial charge in [-0.15, -0.1) is 0 Å². The predicted octanol–water partition coefficient (Wildman–Crippen LogP) is 7.58. The van der Waals surface area contributed by atoms with Crippen LogP contribution in [-0.4, -0.2) is 42.2 Å². The van der Waals surface area contributed by atoms with Crippen molar-refractivity contribution in [2.75, 3.05) is 26.3 Å². The van der Waals surface area contributed by atoms with E-state index in [0.717, 1.165) is 18.8 Å². The van der Waals surface area contributed by atoms with Crippen LogP contribution in [0, 0.1) is 0 Å². The van der Waals surface area contributed by atoms with Crippen LogP contribution in [0.3, 0.4) is 0 Å². The fourth-order valence-electron chi connectivity index (χ4n) is 5.69. The van der Waals surface area contributed by atoms with Crippen molar-refractivity contribution >= 4 is 16.5 Å². The smallest absolute Gasteiger partial charge is 0.0621 e. The van der Waals surface area contributed by atoms with Crippen LogP contribution >= 0.6 is 0 Å². The molecule has 0 bridgehead atoms. The highest BCUT2D eigenvalue weighted by Crippen LogP contribution is 2.39. The van der Waals surface area contributed by atoms with Crippen LogP contribution in [0.15, 0.2) is 48.1 Å². The minimum absolute atomic E-state index is 0.440. The Bertz CT molecular complexity index is 1040.